The normalized spacial score (nSPS) is 25.8. The largest absolute Gasteiger partial charge is 0.394 e. The maximum absolute atomic E-state index is 13.5. The van der Waals surface area contributed by atoms with E-state index in [0.717, 1.165) is 89.9 Å². The van der Waals surface area contributed by atoms with Gasteiger partial charge in [-0.05, 0) is 103 Å². The molecule has 17 unspecified atom stereocenters. The number of hydrogen-bond acceptors (Lipinski definition) is 18. The Labute approximate surface area is 665 Å². The van der Waals surface area contributed by atoms with E-state index in [9.17, 15) is 61.0 Å². The summed E-state index contributed by atoms with van der Waals surface area (Å²) in [5.41, 5.74) is 0. The number of carbonyl (C=O) groups is 1. The molecule has 110 heavy (non-hydrogen) atoms. The maximum Gasteiger partial charge on any atom is 0.220 e. The fraction of sp³-hybridized carbons (Fsp3) is 0.769. The maximum atomic E-state index is 13.5. The van der Waals surface area contributed by atoms with Gasteiger partial charge in [0.1, 0.15) is 73.2 Å². The average Bonchev–Trinajstić information content (AvgIpc) is 0.782. The van der Waals surface area contributed by atoms with Gasteiger partial charge in [-0.2, -0.15) is 0 Å². The Hall–Kier alpha value is -3.81. The van der Waals surface area contributed by atoms with Gasteiger partial charge in [-0.1, -0.05) is 328 Å². The lowest BCUT2D eigenvalue weighted by molar-refractivity contribution is -0.379. The van der Waals surface area contributed by atoms with E-state index in [0.29, 0.717) is 12.8 Å². The van der Waals surface area contributed by atoms with Gasteiger partial charge in [0, 0.05) is 6.42 Å². The fourth-order valence-electron chi connectivity index (χ4n) is 14.0. The summed E-state index contributed by atoms with van der Waals surface area (Å²) in [7, 11) is 0. The molecular formula is C91H157NO18. The van der Waals surface area contributed by atoms with Crippen LogP contribution in [0.1, 0.15) is 316 Å². The van der Waals surface area contributed by atoms with Gasteiger partial charge in [-0.3, -0.25) is 4.79 Å². The third-order valence-corrected chi connectivity index (χ3v) is 21.0. The molecule has 0 saturated carbocycles. The quantitative estimate of drug-likeness (QED) is 0.0199. The summed E-state index contributed by atoms with van der Waals surface area (Å²) >= 11 is 0. The third kappa shape index (κ3) is 47.9. The van der Waals surface area contributed by atoms with Crippen LogP contribution >= 0.6 is 0 Å². The molecule has 0 aliphatic carbocycles. The van der Waals surface area contributed by atoms with Crippen LogP contribution in [0.3, 0.4) is 0 Å². The second-order valence-electron chi connectivity index (χ2n) is 30.6. The van der Waals surface area contributed by atoms with Gasteiger partial charge in [0.2, 0.25) is 5.91 Å². The zero-order valence-corrected chi connectivity index (χ0v) is 68.2. The van der Waals surface area contributed by atoms with Crippen LogP contribution in [0.5, 0.6) is 0 Å². The highest BCUT2D eigenvalue weighted by Gasteiger charge is 2.54. The lowest BCUT2D eigenvalue weighted by Crippen LogP contribution is -2.66. The summed E-state index contributed by atoms with van der Waals surface area (Å²) in [6.07, 6.45) is 72.0. The number of carbonyl (C=O) groups excluding carboxylic acids is 1. The van der Waals surface area contributed by atoms with Gasteiger partial charge in [0.25, 0.3) is 0 Å². The molecule has 3 rings (SSSR count). The highest BCUT2D eigenvalue weighted by Crippen LogP contribution is 2.33. The number of hydrogen-bond donors (Lipinski definition) is 12. The zero-order chi connectivity index (χ0) is 79.5. The molecule has 1 amide bonds. The molecule has 0 bridgehead atoms. The number of allylic oxidation sites excluding steroid dienone is 19. The molecule has 12 N–H and O–H groups in total. The Bertz CT molecular complexity index is 2460. The van der Waals surface area contributed by atoms with Gasteiger partial charge in [-0.15, -0.1) is 0 Å². The van der Waals surface area contributed by atoms with Crippen molar-refractivity contribution in [1.29, 1.82) is 0 Å². The second-order valence-corrected chi connectivity index (χ2v) is 30.6. The summed E-state index contributed by atoms with van der Waals surface area (Å²) in [6, 6.07) is -1.00. The van der Waals surface area contributed by atoms with E-state index >= 15 is 0 Å². The highest BCUT2D eigenvalue weighted by atomic mass is 16.8. The molecule has 3 heterocycles. The molecule has 19 nitrogen and oxygen atoms in total. The molecule has 3 saturated heterocycles. The molecule has 3 aliphatic heterocycles. The molecule has 17 atom stereocenters. The number of rotatable bonds is 69. The number of amides is 1. The first-order valence-corrected chi connectivity index (χ1v) is 43.8. The Kier molecular flexibility index (Phi) is 63.4. The van der Waals surface area contributed by atoms with Crippen molar-refractivity contribution in [3.63, 3.8) is 0 Å². The van der Waals surface area contributed by atoms with E-state index < -0.39 is 124 Å². The second kappa shape index (κ2) is 69.5. The number of aliphatic hydroxyl groups is 11. The van der Waals surface area contributed by atoms with Crippen molar-refractivity contribution in [3.8, 4) is 0 Å². The summed E-state index contributed by atoms with van der Waals surface area (Å²) < 4.78 is 34.5. The van der Waals surface area contributed by atoms with E-state index in [2.05, 4.69) is 129 Å². The summed E-state index contributed by atoms with van der Waals surface area (Å²) in [5.74, 6) is -0.288. The molecule has 19 heteroatoms. The van der Waals surface area contributed by atoms with Crippen LogP contribution in [0.15, 0.2) is 122 Å². The molecule has 0 aromatic rings. The predicted octanol–water partition coefficient (Wildman–Crippen LogP) is 16.2. The fourth-order valence-corrected chi connectivity index (χ4v) is 14.0. The molecule has 0 spiro atoms. The van der Waals surface area contributed by atoms with Crippen LogP contribution < -0.4 is 5.32 Å². The predicted molar refractivity (Wildman–Crippen MR) is 443 cm³/mol. The van der Waals surface area contributed by atoms with Gasteiger partial charge in [0.05, 0.1) is 38.6 Å². The molecule has 0 radical (unpaired) electrons. The monoisotopic (exact) mass is 1550 g/mol. The van der Waals surface area contributed by atoms with Crippen molar-refractivity contribution >= 4 is 5.91 Å². The van der Waals surface area contributed by atoms with Gasteiger partial charge >= 0.3 is 0 Å². The van der Waals surface area contributed by atoms with Crippen LogP contribution in [-0.4, -0.2) is 193 Å². The van der Waals surface area contributed by atoms with Crippen molar-refractivity contribution in [1.82, 2.24) is 5.32 Å². The van der Waals surface area contributed by atoms with Gasteiger partial charge in [0.15, 0.2) is 18.9 Å². The Balaban J connectivity index is 1.32. The average molecular weight is 1550 g/mol. The van der Waals surface area contributed by atoms with Crippen molar-refractivity contribution in [2.24, 2.45) is 0 Å². The first kappa shape index (κ1) is 100. The third-order valence-electron chi connectivity index (χ3n) is 21.0. The first-order valence-electron chi connectivity index (χ1n) is 43.8. The highest BCUT2D eigenvalue weighted by molar-refractivity contribution is 5.76. The minimum Gasteiger partial charge on any atom is -0.394 e. The van der Waals surface area contributed by atoms with Crippen molar-refractivity contribution < 1.29 is 89.4 Å². The number of aliphatic hydroxyl groups excluding tert-OH is 11. The molecule has 0 aromatic carbocycles. The topological polar surface area (TPSA) is 307 Å². The van der Waals surface area contributed by atoms with Crippen molar-refractivity contribution in [3.05, 3.63) is 122 Å². The SMILES string of the molecule is CC/C=C\C/C=C\C/C=C\C/C=C\C/C=C\C/C=C\C/C=C\CCCCCCCCCCCCCCCCCCCCCC(=O)NC(COC1OC(CO)C(OC2OC(CO)C(OC3OC(CO)C(O)C(O)C3O)C(O)C2O)C(O)C1O)C(O)/C=C/CC/C=C/CC/C=C/CCCCCCCCCCCCCCCC. The molecular weight excluding hydrogens is 1390 g/mol. The van der Waals surface area contributed by atoms with Crippen molar-refractivity contribution in [2.45, 2.75) is 420 Å². The minimum atomic E-state index is -1.99. The van der Waals surface area contributed by atoms with E-state index in [-0.39, 0.29) is 18.9 Å². The Morgan fingerprint density at radius 2 is 0.636 bits per heavy atom. The van der Waals surface area contributed by atoms with Gasteiger partial charge in [-0.25, -0.2) is 0 Å². The molecule has 0 aromatic heterocycles. The Morgan fingerprint density at radius 3 is 1.02 bits per heavy atom. The standard InChI is InChI=1S/C91H157NO18/c1-3-5-7-9-11-13-15-17-19-21-23-25-27-29-30-31-32-33-34-35-36-37-38-39-40-41-42-43-44-45-47-49-51-53-55-57-59-61-63-65-67-69-79(97)92-74(75(96)68-66-64-62-60-58-56-54-52-50-48-46-28-26-24-22-20-18-16-14-12-10-8-6-4-2)73-105-89-85(103)82(100)87(77(71-94)107-89)110-91-86(104)83(101)88(78(72-95)108-91)109-90-84(102)81(99)80(98)76(70-93)106-90/h5,7,11,13,17,19,23,25,29-30,32-33,35-36,50,52,58,60,66,68,74-78,80-91,93-96,98-104H,3-4,6,8-10,12,14-16,18,20-22,24,26-28,31,34,37-49,51,53-57,59,61-65,67,69-73H2,1-2H3,(H,92,97)/b7-5-,13-11-,19-17-,25-23-,30-29-,33-32-,36-35-,52-50+,60-58+,68-66+. The number of nitrogens with one attached hydrogen (secondary N) is 1. The van der Waals surface area contributed by atoms with Gasteiger partial charge < -0.3 is 89.9 Å². The number of ether oxygens (including phenoxy) is 6. The Morgan fingerprint density at radius 1 is 0.336 bits per heavy atom. The molecule has 634 valence electrons. The van der Waals surface area contributed by atoms with E-state index in [4.69, 9.17) is 28.4 Å². The van der Waals surface area contributed by atoms with Crippen LogP contribution in [0.2, 0.25) is 0 Å². The van der Waals surface area contributed by atoms with Crippen LogP contribution in [0, 0.1) is 0 Å². The smallest absolute Gasteiger partial charge is 0.220 e. The summed E-state index contributed by atoms with van der Waals surface area (Å²) in [6.45, 7) is 1.62. The lowest BCUT2D eigenvalue weighted by Gasteiger charge is -2.48. The van der Waals surface area contributed by atoms with E-state index in [1.54, 1.807) is 6.08 Å². The van der Waals surface area contributed by atoms with E-state index in [1.165, 1.54) is 193 Å². The lowest BCUT2D eigenvalue weighted by atomic mass is 9.96. The molecule has 3 fully saturated rings. The van der Waals surface area contributed by atoms with Crippen LogP contribution in [0.25, 0.3) is 0 Å². The van der Waals surface area contributed by atoms with Crippen LogP contribution in [-0.2, 0) is 33.2 Å². The van der Waals surface area contributed by atoms with E-state index in [1.807, 2.05) is 6.08 Å². The minimum absolute atomic E-state index is 0.229. The zero-order valence-electron chi connectivity index (χ0n) is 68.2. The summed E-state index contributed by atoms with van der Waals surface area (Å²) in [5, 5.41) is 121. The van der Waals surface area contributed by atoms with Crippen LogP contribution in [0.4, 0.5) is 0 Å². The first-order chi connectivity index (χ1) is 53.8. The number of unbranched alkanes of at least 4 members (excludes halogenated alkanes) is 35. The van der Waals surface area contributed by atoms with Crippen molar-refractivity contribution in [2.75, 3.05) is 26.4 Å². The summed E-state index contributed by atoms with van der Waals surface area (Å²) in [4.78, 5) is 13.5. The molecule has 3 aliphatic rings.